The number of amides is 2. The molecule has 4 N–H and O–H groups in total. The minimum absolute atomic E-state index is 0.00409. The van der Waals surface area contributed by atoms with E-state index in [1.54, 1.807) is 36.4 Å². The average Bonchev–Trinajstić information content (AvgIpc) is 3.39. The fraction of sp³-hybridized carbons (Fsp3) is 0.500. The van der Waals surface area contributed by atoms with Crippen molar-refractivity contribution in [2.75, 3.05) is 20.3 Å². The maximum absolute atomic E-state index is 14.8. The third-order valence-corrected chi connectivity index (χ3v) is 7.97. The normalized spacial score (nSPS) is 20.7. The lowest BCUT2D eigenvalue weighted by Crippen LogP contribution is -2.55. The number of hydrogen-bond donors (Lipinski definition) is 4. The van der Waals surface area contributed by atoms with Crippen molar-refractivity contribution in [3.63, 3.8) is 0 Å². The molecular formula is C32H41FN2O7. The van der Waals surface area contributed by atoms with Crippen LogP contribution in [0.3, 0.4) is 0 Å². The van der Waals surface area contributed by atoms with Gasteiger partial charge in [-0.05, 0) is 36.3 Å². The van der Waals surface area contributed by atoms with Gasteiger partial charge in [-0.15, -0.1) is 0 Å². The zero-order valence-electron chi connectivity index (χ0n) is 24.2. The zero-order valence-corrected chi connectivity index (χ0v) is 24.2. The van der Waals surface area contributed by atoms with Gasteiger partial charge in [-0.3, -0.25) is 9.59 Å². The first-order valence-electron chi connectivity index (χ1n) is 14.6. The van der Waals surface area contributed by atoms with E-state index in [2.05, 4.69) is 12.2 Å². The molecule has 0 saturated heterocycles. The van der Waals surface area contributed by atoms with Crippen LogP contribution in [0, 0.1) is 5.82 Å². The van der Waals surface area contributed by atoms with Crippen LogP contribution in [0.4, 0.5) is 4.39 Å². The lowest BCUT2D eigenvalue weighted by molar-refractivity contribution is -0.138. The van der Waals surface area contributed by atoms with Crippen molar-refractivity contribution in [2.24, 2.45) is 0 Å². The summed E-state index contributed by atoms with van der Waals surface area (Å²) >= 11 is 0. The molecule has 2 aliphatic rings. The van der Waals surface area contributed by atoms with Crippen LogP contribution in [0.15, 0.2) is 48.0 Å². The van der Waals surface area contributed by atoms with Crippen molar-refractivity contribution < 1.29 is 38.8 Å². The topological polar surface area (TPSA) is 129 Å². The van der Waals surface area contributed by atoms with Crippen LogP contribution >= 0.6 is 0 Å². The number of hydrogen-bond acceptors (Lipinski definition) is 7. The monoisotopic (exact) mass is 584 g/mol. The molecule has 9 nitrogen and oxygen atoms in total. The summed E-state index contributed by atoms with van der Waals surface area (Å²) in [5, 5.41) is 33.6. The molecule has 2 aromatic rings. The van der Waals surface area contributed by atoms with E-state index < -0.39 is 35.9 Å². The van der Waals surface area contributed by atoms with Gasteiger partial charge in [0, 0.05) is 36.2 Å². The number of halogens is 1. The van der Waals surface area contributed by atoms with Gasteiger partial charge in [0.25, 0.3) is 0 Å². The van der Waals surface area contributed by atoms with Crippen molar-refractivity contribution >= 4 is 11.8 Å². The number of carbonyl (C=O) groups is 2. The summed E-state index contributed by atoms with van der Waals surface area (Å²) in [4.78, 5) is 28.6. The smallest absolute Gasteiger partial charge is 0.247 e. The summed E-state index contributed by atoms with van der Waals surface area (Å²) in [5.74, 6) is -1.27. The third kappa shape index (κ3) is 6.77. The number of methoxy groups -OCH3 is 1. The van der Waals surface area contributed by atoms with Crippen LogP contribution in [-0.2, 0) is 22.7 Å². The summed E-state index contributed by atoms with van der Waals surface area (Å²) in [6, 6.07) is 8.51. The molecule has 1 aliphatic heterocycles. The summed E-state index contributed by atoms with van der Waals surface area (Å²) in [7, 11) is 1.46. The van der Waals surface area contributed by atoms with Crippen LogP contribution in [0.1, 0.15) is 68.1 Å². The first-order chi connectivity index (χ1) is 20.3. The van der Waals surface area contributed by atoms with Gasteiger partial charge >= 0.3 is 0 Å². The van der Waals surface area contributed by atoms with Gasteiger partial charge in [-0.25, -0.2) is 4.39 Å². The summed E-state index contributed by atoms with van der Waals surface area (Å²) in [5.41, 5.74) is 1.64. The Morgan fingerprint density at radius 3 is 2.57 bits per heavy atom. The lowest BCUT2D eigenvalue weighted by atomic mass is 9.77. The van der Waals surface area contributed by atoms with Gasteiger partial charge in [0.05, 0.1) is 32.3 Å². The van der Waals surface area contributed by atoms with E-state index in [-0.39, 0.29) is 49.8 Å². The fourth-order valence-electron chi connectivity index (χ4n) is 5.81. The Labute approximate surface area is 245 Å². The molecule has 4 unspecified atom stereocenters. The molecule has 42 heavy (non-hydrogen) atoms. The Hall–Kier alpha value is -3.47. The van der Waals surface area contributed by atoms with Crippen LogP contribution in [0.25, 0.3) is 0 Å². The Morgan fingerprint density at radius 2 is 1.88 bits per heavy atom. The molecule has 228 valence electrons. The Morgan fingerprint density at radius 1 is 1.12 bits per heavy atom. The number of nitrogens with one attached hydrogen (secondary N) is 1. The molecule has 0 fully saturated rings. The van der Waals surface area contributed by atoms with Crippen LogP contribution in [0.2, 0.25) is 0 Å². The number of nitrogens with zero attached hydrogens (tertiary/aromatic N) is 1. The number of aliphatic hydroxyl groups excluding tert-OH is 3. The van der Waals surface area contributed by atoms with Gasteiger partial charge in [0.1, 0.15) is 18.0 Å². The highest BCUT2D eigenvalue weighted by Gasteiger charge is 2.51. The van der Waals surface area contributed by atoms with E-state index in [1.807, 2.05) is 0 Å². The molecule has 1 heterocycles. The average molecular weight is 585 g/mol. The van der Waals surface area contributed by atoms with Crippen molar-refractivity contribution in [3.05, 3.63) is 70.6 Å². The predicted octanol–water partition coefficient (Wildman–Crippen LogP) is 3.34. The van der Waals surface area contributed by atoms with Crippen LogP contribution in [-0.4, -0.2) is 70.5 Å². The molecular weight excluding hydrogens is 543 g/mol. The standard InChI is InChI=1S/C32H41FN2O7/c1-3-4-5-6-7-12-27(38)35(18-21-10-8-9-11-24(21)33)25-17-23(32(40)34-13-14-36)28-22-15-20(19-37)16-26(41-2)30(22)42-31(28)29(25)39/h8-11,15-17,25,28-29,31,36-37,39H,3-7,12-14,18-19H2,1-2H3,(H,34,40). The van der Waals surface area contributed by atoms with Crippen molar-refractivity contribution in [1.29, 1.82) is 0 Å². The molecule has 0 bridgehead atoms. The second-order valence-electron chi connectivity index (χ2n) is 10.8. The van der Waals surface area contributed by atoms with Gasteiger partial charge in [0.15, 0.2) is 11.5 Å². The quantitative estimate of drug-likeness (QED) is 0.251. The van der Waals surface area contributed by atoms with Crippen molar-refractivity contribution in [2.45, 2.75) is 82.8 Å². The second kappa shape index (κ2) is 14.6. The van der Waals surface area contributed by atoms with Crippen molar-refractivity contribution in [3.8, 4) is 11.5 Å². The Kier molecular flexibility index (Phi) is 11.0. The number of rotatable bonds is 14. The number of benzene rings is 2. The van der Waals surface area contributed by atoms with Gasteiger partial charge in [-0.2, -0.15) is 0 Å². The molecule has 1 aliphatic carbocycles. The van der Waals surface area contributed by atoms with E-state index in [4.69, 9.17) is 9.47 Å². The Bertz CT molecular complexity index is 1280. The summed E-state index contributed by atoms with van der Waals surface area (Å²) < 4.78 is 26.6. The lowest BCUT2D eigenvalue weighted by Gasteiger charge is -2.41. The minimum atomic E-state index is -1.27. The molecule has 0 radical (unpaired) electrons. The molecule has 2 amide bonds. The Balaban J connectivity index is 1.75. The van der Waals surface area contributed by atoms with E-state index >= 15 is 0 Å². The SMILES string of the molecule is CCCCCCCC(=O)N(Cc1ccccc1F)C1C=C(C(=O)NCCO)C2c3cc(CO)cc(OC)c3OC2C1O. The number of fused-ring (bicyclic) bond motifs is 3. The predicted molar refractivity (Wildman–Crippen MR) is 154 cm³/mol. The van der Waals surface area contributed by atoms with Crippen LogP contribution in [0.5, 0.6) is 11.5 Å². The van der Waals surface area contributed by atoms with E-state index in [1.165, 1.54) is 18.1 Å². The maximum Gasteiger partial charge on any atom is 0.247 e. The maximum atomic E-state index is 14.8. The fourth-order valence-corrected chi connectivity index (χ4v) is 5.81. The van der Waals surface area contributed by atoms with E-state index in [0.717, 1.165) is 25.7 Å². The number of carbonyl (C=O) groups excluding carboxylic acids is 2. The third-order valence-electron chi connectivity index (χ3n) is 7.97. The number of unbranched alkanes of at least 4 members (excludes halogenated alkanes) is 4. The molecule has 0 aromatic heterocycles. The molecule has 0 spiro atoms. The van der Waals surface area contributed by atoms with Crippen LogP contribution < -0.4 is 14.8 Å². The van der Waals surface area contributed by atoms with Gasteiger partial charge < -0.3 is 35.0 Å². The van der Waals surface area contributed by atoms with Gasteiger partial charge in [0.2, 0.25) is 11.8 Å². The summed E-state index contributed by atoms with van der Waals surface area (Å²) in [6.07, 6.45) is 4.22. The molecule has 4 atom stereocenters. The number of ether oxygens (including phenoxy) is 2. The second-order valence-corrected chi connectivity index (χ2v) is 10.8. The first kappa shape index (κ1) is 31.5. The number of aliphatic hydroxyl groups is 3. The molecule has 4 rings (SSSR count). The highest BCUT2D eigenvalue weighted by atomic mass is 19.1. The summed E-state index contributed by atoms with van der Waals surface area (Å²) in [6.45, 7) is 1.47. The first-order valence-corrected chi connectivity index (χ1v) is 14.6. The van der Waals surface area contributed by atoms with Crippen molar-refractivity contribution in [1.82, 2.24) is 10.2 Å². The largest absolute Gasteiger partial charge is 0.493 e. The molecule has 2 aromatic carbocycles. The van der Waals surface area contributed by atoms with E-state index in [9.17, 15) is 29.3 Å². The van der Waals surface area contributed by atoms with Gasteiger partial charge in [-0.1, -0.05) is 50.8 Å². The minimum Gasteiger partial charge on any atom is -0.493 e. The highest BCUT2D eigenvalue weighted by Crippen LogP contribution is 2.51. The van der Waals surface area contributed by atoms with E-state index in [0.29, 0.717) is 29.0 Å². The zero-order chi connectivity index (χ0) is 30.2. The molecule has 10 heteroatoms. The highest BCUT2D eigenvalue weighted by molar-refractivity contribution is 5.96. The molecule has 0 saturated carbocycles.